The highest BCUT2D eigenvalue weighted by molar-refractivity contribution is 5.98. The number of rotatable bonds is 17. The Morgan fingerprint density at radius 3 is 1.97 bits per heavy atom. The molecule has 0 bridgehead atoms. The third-order valence-corrected chi connectivity index (χ3v) is 6.13. The number of nitrogens with one attached hydrogen (secondary N) is 3. The van der Waals surface area contributed by atoms with Gasteiger partial charge in [0.1, 0.15) is 23.5 Å². The number of Topliss-reactive ketones (excluding diaryl/α,β-unsaturated/α-hetero) is 2. The lowest BCUT2D eigenvalue weighted by atomic mass is 9.93. The number of hydrogen-bond donors (Lipinski definition) is 3. The van der Waals surface area contributed by atoms with E-state index < -0.39 is 35.5 Å². The largest absolute Gasteiger partial charge is 0.361 e. The van der Waals surface area contributed by atoms with Gasteiger partial charge in [-0.25, -0.2) is 0 Å². The molecule has 0 aromatic carbocycles. The summed E-state index contributed by atoms with van der Waals surface area (Å²) < 4.78 is 5.28. The first kappa shape index (κ1) is 30.7. The van der Waals surface area contributed by atoms with Crippen LogP contribution in [0.1, 0.15) is 93.4 Å². The van der Waals surface area contributed by atoms with E-state index >= 15 is 0 Å². The molecule has 35 heavy (non-hydrogen) atoms. The Bertz CT molecular complexity index is 760. The van der Waals surface area contributed by atoms with E-state index in [-0.39, 0.29) is 42.2 Å². The third-order valence-electron chi connectivity index (χ3n) is 6.13. The van der Waals surface area contributed by atoms with Gasteiger partial charge in [0.25, 0.3) is 0 Å². The first-order valence-corrected chi connectivity index (χ1v) is 12.9. The Morgan fingerprint density at radius 1 is 0.886 bits per heavy atom. The number of carbonyl (C=O) groups is 5. The first-order chi connectivity index (χ1) is 16.3. The van der Waals surface area contributed by atoms with Crippen LogP contribution >= 0.6 is 0 Å². The smallest absolute Gasteiger partial charge is 0.243 e. The van der Waals surface area contributed by atoms with Crippen molar-refractivity contribution in [2.24, 2.45) is 11.8 Å². The Balaban J connectivity index is 2.95. The van der Waals surface area contributed by atoms with Crippen molar-refractivity contribution in [3.05, 3.63) is 0 Å². The highest BCUT2D eigenvalue weighted by Gasteiger charge is 2.50. The van der Waals surface area contributed by atoms with Crippen LogP contribution in [-0.4, -0.2) is 59.6 Å². The van der Waals surface area contributed by atoms with Crippen molar-refractivity contribution in [3.63, 3.8) is 0 Å². The standard InChI is InChI=1S/C26H45N3O6/c1-8-9-10-11-21(31)29-22(17(4)5)25(34)27-19(13-12-18(6)30)24(33)28-20(14-16(2)3)23(32)26(7)15-35-26/h16-17,19-20,22H,8-15H2,1-7H3,(H,27,34)(H,28,33)(H,29,31)/t19-,20-,22-,26+/m0/s1. The van der Waals surface area contributed by atoms with Gasteiger partial charge in [-0.2, -0.15) is 0 Å². The van der Waals surface area contributed by atoms with Crippen molar-refractivity contribution in [2.75, 3.05) is 6.61 Å². The van der Waals surface area contributed by atoms with E-state index in [1.54, 1.807) is 6.92 Å². The molecule has 4 atom stereocenters. The molecule has 0 saturated carbocycles. The summed E-state index contributed by atoms with van der Waals surface area (Å²) in [6.45, 7) is 13.0. The Kier molecular flexibility index (Phi) is 12.6. The zero-order chi connectivity index (χ0) is 26.8. The third kappa shape index (κ3) is 10.9. The van der Waals surface area contributed by atoms with Gasteiger partial charge in [0.2, 0.25) is 17.7 Å². The fourth-order valence-corrected chi connectivity index (χ4v) is 3.79. The summed E-state index contributed by atoms with van der Waals surface area (Å²) in [6.07, 6.45) is 3.61. The van der Waals surface area contributed by atoms with E-state index in [2.05, 4.69) is 16.0 Å². The number of carbonyl (C=O) groups excluding carboxylic acids is 5. The predicted molar refractivity (Wildman–Crippen MR) is 134 cm³/mol. The van der Waals surface area contributed by atoms with Gasteiger partial charge in [0, 0.05) is 12.8 Å². The van der Waals surface area contributed by atoms with Crippen molar-refractivity contribution in [1.29, 1.82) is 0 Å². The molecule has 0 aromatic heterocycles. The molecule has 9 nitrogen and oxygen atoms in total. The molecule has 1 aliphatic rings. The van der Waals surface area contributed by atoms with Crippen LogP contribution in [0, 0.1) is 11.8 Å². The van der Waals surface area contributed by atoms with Crippen LogP contribution in [0.25, 0.3) is 0 Å². The van der Waals surface area contributed by atoms with Gasteiger partial charge in [0.15, 0.2) is 5.78 Å². The molecular weight excluding hydrogens is 450 g/mol. The molecule has 1 aliphatic heterocycles. The maximum absolute atomic E-state index is 13.2. The van der Waals surface area contributed by atoms with Gasteiger partial charge < -0.3 is 25.5 Å². The Morgan fingerprint density at radius 2 is 1.49 bits per heavy atom. The van der Waals surface area contributed by atoms with Gasteiger partial charge in [-0.1, -0.05) is 47.5 Å². The van der Waals surface area contributed by atoms with Gasteiger partial charge in [-0.15, -0.1) is 0 Å². The van der Waals surface area contributed by atoms with Crippen molar-refractivity contribution >= 4 is 29.3 Å². The molecule has 0 aliphatic carbocycles. The van der Waals surface area contributed by atoms with E-state index in [0.717, 1.165) is 19.3 Å². The summed E-state index contributed by atoms with van der Waals surface area (Å²) in [5.41, 5.74) is -0.893. The maximum atomic E-state index is 13.2. The topological polar surface area (TPSA) is 134 Å². The molecule has 0 aromatic rings. The minimum absolute atomic E-state index is 0.0949. The first-order valence-electron chi connectivity index (χ1n) is 12.9. The van der Waals surface area contributed by atoms with Crippen molar-refractivity contribution < 1.29 is 28.7 Å². The van der Waals surface area contributed by atoms with Crippen LogP contribution in [0.4, 0.5) is 0 Å². The van der Waals surface area contributed by atoms with E-state index in [1.165, 1.54) is 6.92 Å². The molecular formula is C26H45N3O6. The number of amides is 3. The highest BCUT2D eigenvalue weighted by Crippen LogP contribution is 2.29. The second-order valence-electron chi connectivity index (χ2n) is 10.6. The van der Waals surface area contributed by atoms with Crippen molar-refractivity contribution in [1.82, 2.24) is 16.0 Å². The van der Waals surface area contributed by atoms with Crippen molar-refractivity contribution in [2.45, 2.75) is 117 Å². The SMILES string of the molecule is CCCCCC(=O)N[C@H](C(=O)N[C@@H](CCC(C)=O)C(=O)N[C@@H](CC(C)C)C(=O)[C@@]1(C)CO1)C(C)C. The number of unbranched alkanes of at least 4 members (excludes halogenated alkanes) is 2. The summed E-state index contributed by atoms with van der Waals surface area (Å²) in [6, 6.07) is -2.59. The second-order valence-corrected chi connectivity index (χ2v) is 10.6. The number of hydrogen-bond acceptors (Lipinski definition) is 6. The summed E-state index contributed by atoms with van der Waals surface area (Å²) in [7, 11) is 0. The van der Waals surface area contributed by atoms with Gasteiger partial charge in [0.05, 0.1) is 12.6 Å². The number of ketones is 2. The lowest BCUT2D eigenvalue weighted by molar-refractivity contribution is -0.135. The van der Waals surface area contributed by atoms with Gasteiger partial charge >= 0.3 is 0 Å². The lowest BCUT2D eigenvalue weighted by Crippen LogP contribution is -2.57. The molecule has 1 heterocycles. The Labute approximate surface area is 209 Å². The average Bonchev–Trinajstić information content (AvgIpc) is 3.51. The summed E-state index contributed by atoms with van der Waals surface area (Å²) in [5.74, 6) is -1.60. The van der Waals surface area contributed by atoms with Crippen LogP contribution < -0.4 is 16.0 Å². The quantitative estimate of drug-likeness (QED) is 0.210. The van der Waals surface area contributed by atoms with E-state index in [4.69, 9.17) is 4.74 Å². The molecule has 0 unspecified atom stereocenters. The van der Waals surface area contributed by atoms with Crippen LogP contribution in [0.15, 0.2) is 0 Å². The van der Waals surface area contributed by atoms with Crippen LogP contribution in [0.3, 0.4) is 0 Å². The fraction of sp³-hybridized carbons (Fsp3) is 0.808. The minimum Gasteiger partial charge on any atom is -0.361 e. The Hall–Kier alpha value is -2.29. The fourth-order valence-electron chi connectivity index (χ4n) is 3.79. The second kappa shape index (κ2) is 14.3. The van der Waals surface area contributed by atoms with Gasteiger partial charge in [-0.05, 0) is 44.9 Å². The number of ether oxygens (including phenoxy) is 1. The highest BCUT2D eigenvalue weighted by atomic mass is 16.6. The molecule has 1 rings (SSSR count). The normalized spacial score (nSPS) is 19.6. The molecule has 0 spiro atoms. The van der Waals surface area contributed by atoms with E-state index in [1.807, 2.05) is 34.6 Å². The lowest BCUT2D eigenvalue weighted by Gasteiger charge is -2.27. The summed E-state index contributed by atoms with van der Waals surface area (Å²) in [4.78, 5) is 63.2. The average molecular weight is 496 g/mol. The molecule has 0 radical (unpaired) electrons. The summed E-state index contributed by atoms with van der Waals surface area (Å²) in [5, 5.41) is 8.28. The molecule has 1 saturated heterocycles. The molecule has 1 fully saturated rings. The maximum Gasteiger partial charge on any atom is 0.243 e. The summed E-state index contributed by atoms with van der Waals surface area (Å²) >= 11 is 0. The zero-order valence-corrected chi connectivity index (χ0v) is 22.5. The van der Waals surface area contributed by atoms with Crippen LogP contribution in [0.5, 0.6) is 0 Å². The van der Waals surface area contributed by atoms with Crippen molar-refractivity contribution in [3.8, 4) is 0 Å². The van der Waals surface area contributed by atoms with Crippen LogP contribution in [-0.2, 0) is 28.7 Å². The minimum atomic E-state index is -1.01. The van der Waals surface area contributed by atoms with E-state index in [0.29, 0.717) is 19.4 Å². The predicted octanol–water partition coefficient (Wildman–Crippen LogP) is 2.45. The monoisotopic (exact) mass is 495 g/mol. The van der Waals surface area contributed by atoms with Crippen LogP contribution in [0.2, 0.25) is 0 Å². The molecule has 3 N–H and O–H groups in total. The van der Waals surface area contributed by atoms with Gasteiger partial charge in [-0.3, -0.25) is 19.2 Å². The molecule has 3 amide bonds. The van der Waals surface area contributed by atoms with E-state index in [9.17, 15) is 24.0 Å². The molecule has 200 valence electrons. The zero-order valence-electron chi connectivity index (χ0n) is 22.5. The molecule has 9 heteroatoms. The number of epoxide rings is 1.